The fraction of sp³-hybridized carbons (Fsp3) is 0.632. The van der Waals surface area contributed by atoms with Gasteiger partial charge in [0.15, 0.2) is 0 Å². The average molecular weight is 349 g/mol. The first kappa shape index (κ1) is 15.3. The van der Waals surface area contributed by atoms with Gasteiger partial charge in [-0.1, -0.05) is 0 Å². The Kier molecular flexibility index (Phi) is 4.30. The van der Waals surface area contributed by atoms with Crippen molar-refractivity contribution in [2.45, 2.75) is 51.3 Å². The Morgan fingerprint density at radius 3 is 2.62 bits per heavy atom. The van der Waals surface area contributed by atoms with Gasteiger partial charge in [0, 0.05) is 0 Å². The van der Waals surface area contributed by atoms with Gasteiger partial charge in [0.05, 0.1) is 0 Å². The van der Waals surface area contributed by atoms with Crippen LogP contribution in [0.15, 0.2) is 30.3 Å². The van der Waals surface area contributed by atoms with Gasteiger partial charge in [0.1, 0.15) is 0 Å². The summed E-state index contributed by atoms with van der Waals surface area (Å²) in [6.07, 6.45) is 4.64. The topological polar surface area (TPSA) is 17.1 Å². The van der Waals surface area contributed by atoms with Crippen molar-refractivity contribution >= 4 is 25.2 Å². The fourth-order valence-corrected chi connectivity index (χ4v) is 7.31. The van der Waals surface area contributed by atoms with Gasteiger partial charge in [-0.25, -0.2) is 0 Å². The van der Waals surface area contributed by atoms with E-state index in [-0.39, 0.29) is 0 Å². The number of rotatable bonds is 3. The number of Topliss-reactive ketones (excluding diaryl/α,β-unsaturated/α-hetero) is 1. The van der Waals surface area contributed by atoms with E-state index in [2.05, 4.69) is 51.1 Å². The van der Waals surface area contributed by atoms with E-state index in [0.29, 0.717) is 36.9 Å². The molecule has 1 nitrogen and oxygen atoms in total. The van der Waals surface area contributed by atoms with Crippen LogP contribution in [0.25, 0.3) is 0 Å². The van der Waals surface area contributed by atoms with E-state index in [0.717, 1.165) is 24.7 Å². The maximum atomic E-state index is 12.7. The molecule has 0 saturated heterocycles. The maximum absolute atomic E-state index is 12.7. The van der Waals surface area contributed by atoms with E-state index in [4.69, 9.17) is 0 Å². The summed E-state index contributed by atoms with van der Waals surface area (Å²) >= 11 is 0.308. The summed E-state index contributed by atoms with van der Waals surface area (Å²) in [5, 5.41) is 0. The molecule has 0 bridgehead atoms. The molecule has 2 fully saturated rings. The first-order valence-corrected chi connectivity index (χ1v) is 10.1. The molecule has 0 spiro atoms. The zero-order chi connectivity index (χ0) is 15.0. The second-order valence-electron chi connectivity index (χ2n) is 7.50. The van der Waals surface area contributed by atoms with E-state index in [1.807, 2.05) is 0 Å². The number of benzene rings is 1. The normalized spacial score (nSPS) is 36.0. The molecule has 21 heavy (non-hydrogen) atoms. The Morgan fingerprint density at radius 2 is 1.95 bits per heavy atom. The van der Waals surface area contributed by atoms with Crippen LogP contribution in [0.3, 0.4) is 0 Å². The number of carbonyl (C=O) groups excluding carboxylic acids is 1. The molecule has 0 aromatic heterocycles. The predicted octanol–water partition coefficient (Wildman–Crippen LogP) is 3.86. The Bertz CT molecular complexity index is 510. The van der Waals surface area contributed by atoms with E-state index >= 15 is 0 Å². The van der Waals surface area contributed by atoms with Crippen LogP contribution in [0, 0.1) is 23.2 Å². The molecule has 0 radical (unpaired) electrons. The van der Waals surface area contributed by atoms with Crippen molar-refractivity contribution in [3.63, 3.8) is 0 Å². The second kappa shape index (κ2) is 5.89. The van der Waals surface area contributed by atoms with Crippen molar-refractivity contribution in [3.8, 4) is 0 Å². The predicted molar refractivity (Wildman–Crippen MR) is 89.0 cm³/mol. The van der Waals surface area contributed by atoms with Crippen LogP contribution in [0.2, 0.25) is 4.82 Å². The van der Waals surface area contributed by atoms with Crippen LogP contribution in [0.1, 0.15) is 46.5 Å². The van der Waals surface area contributed by atoms with E-state index in [9.17, 15) is 4.79 Å². The molecule has 3 rings (SSSR count). The summed E-state index contributed by atoms with van der Waals surface area (Å²) in [6.45, 7) is 7.13. The molecule has 2 aliphatic carbocycles. The molecule has 2 heteroatoms. The summed E-state index contributed by atoms with van der Waals surface area (Å²) in [6, 6.07) is 10.6. The monoisotopic (exact) mass is 350 g/mol. The zero-order valence-corrected chi connectivity index (χ0v) is 15.1. The minimum absolute atomic E-state index is 0.308. The van der Waals surface area contributed by atoms with Crippen molar-refractivity contribution in [2.75, 3.05) is 0 Å². The molecular formula is C19H26OSe. The average Bonchev–Trinajstić information content (AvgIpc) is 2.77. The van der Waals surface area contributed by atoms with Gasteiger partial charge in [-0.15, -0.1) is 0 Å². The molecular weight excluding hydrogens is 323 g/mol. The van der Waals surface area contributed by atoms with Crippen molar-refractivity contribution in [3.05, 3.63) is 30.3 Å². The van der Waals surface area contributed by atoms with E-state index in [1.165, 1.54) is 17.3 Å². The van der Waals surface area contributed by atoms with Crippen LogP contribution in [-0.2, 0) is 4.79 Å². The van der Waals surface area contributed by atoms with Crippen LogP contribution in [0.5, 0.6) is 0 Å². The molecule has 0 heterocycles. The first-order valence-electron chi connectivity index (χ1n) is 8.24. The van der Waals surface area contributed by atoms with Crippen molar-refractivity contribution in [1.29, 1.82) is 0 Å². The number of hydrogen-bond donors (Lipinski definition) is 0. The Labute approximate surface area is 135 Å². The molecule has 2 aliphatic rings. The van der Waals surface area contributed by atoms with Gasteiger partial charge in [-0.3, -0.25) is 0 Å². The van der Waals surface area contributed by atoms with Crippen molar-refractivity contribution < 1.29 is 4.79 Å². The summed E-state index contributed by atoms with van der Waals surface area (Å²) in [5.74, 6) is 2.69. The first-order chi connectivity index (χ1) is 9.99. The molecule has 1 unspecified atom stereocenters. The molecule has 114 valence electrons. The third kappa shape index (κ3) is 2.98. The second-order valence-corrected chi connectivity index (χ2v) is 10.2. The van der Waals surface area contributed by atoms with Crippen LogP contribution in [0.4, 0.5) is 0 Å². The van der Waals surface area contributed by atoms with Gasteiger partial charge in [-0.05, 0) is 0 Å². The number of hydrogen-bond acceptors (Lipinski definition) is 1. The quantitative estimate of drug-likeness (QED) is 0.758. The van der Waals surface area contributed by atoms with Crippen molar-refractivity contribution in [2.24, 2.45) is 23.2 Å². The van der Waals surface area contributed by atoms with Gasteiger partial charge in [0.2, 0.25) is 0 Å². The Hall–Kier alpha value is -0.591. The molecule has 0 aliphatic heterocycles. The summed E-state index contributed by atoms with van der Waals surface area (Å²) in [7, 11) is 0. The van der Waals surface area contributed by atoms with Gasteiger partial charge in [0.25, 0.3) is 0 Å². The van der Waals surface area contributed by atoms with Crippen LogP contribution >= 0.6 is 0 Å². The molecule has 0 N–H and O–H groups in total. The standard InChI is InChI=1S/C19H26OSe/c1-13(2)15-9-10-19(3)12-18(17(20)11-16(15)19)21-14-7-5-4-6-8-14/h4-8,13,15-16,18H,9-12H2,1-3H3/t15-,16-,18?,19+/m0/s1. The summed E-state index contributed by atoms with van der Waals surface area (Å²) in [5.41, 5.74) is 0.421. The van der Waals surface area contributed by atoms with Gasteiger partial charge in [-0.2, -0.15) is 0 Å². The third-order valence-electron chi connectivity index (χ3n) is 5.77. The number of fused-ring (bicyclic) bond motifs is 1. The molecule has 1 aromatic rings. The molecule has 2 saturated carbocycles. The number of ketones is 1. The molecule has 1 aromatic carbocycles. The number of carbonyl (C=O) groups is 1. The van der Waals surface area contributed by atoms with Gasteiger partial charge >= 0.3 is 135 Å². The van der Waals surface area contributed by atoms with Crippen molar-refractivity contribution in [1.82, 2.24) is 0 Å². The molecule has 4 atom stereocenters. The fourth-order valence-electron chi connectivity index (χ4n) is 4.51. The molecule has 0 amide bonds. The Balaban J connectivity index is 1.75. The van der Waals surface area contributed by atoms with E-state index in [1.54, 1.807) is 0 Å². The van der Waals surface area contributed by atoms with Crippen LogP contribution in [-0.4, -0.2) is 20.7 Å². The minimum atomic E-state index is 0.308. The Morgan fingerprint density at radius 1 is 1.24 bits per heavy atom. The SMILES string of the molecule is CC(C)[C@@H]1CC[C@]2(C)CC([Se]c3ccccc3)C(=O)C[C@@H]12. The summed E-state index contributed by atoms with van der Waals surface area (Å²) in [4.78, 5) is 13.0. The van der Waals surface area contributed by atoms with Gasteiger partial charge < -0.3 is 0 Å². The van der Waals surface area contributed by atoms with Crippen LogP contribution < -0.4 is 4.46 Å². The third-order valence-corrected chi connectivity index (χ3v) is 8.41. The summed E-state index contributed by atoms with van der Waals surface area (Å²) < 4.78 is 1.38. The van der Waals surface area contributed by atoms with E-state index < -0.39 is 0 Å². The zero-order valence-electron chi connectivity index (χ0n) is 13.3.